The van der Waals surface area contributed by atoms with Crippen LogP contribution in [0, 0.1) is 0 Å². The molecule has 0 bridgehead atoms. The maximum absolute atomic E-state index is 11.8. The van der Waals surface area contributed by atoms with E-state index >= 15 is 0 Å². The van der Waals surface area contributed by atoms with Crippen LogP contribution in [0.2, 0.25) is 0 Å². The summed E-state index contributed by atoms with van der Waals surface area (Å²) in [5.41, 5.74) is 6.93. The van der Waals surface area contributed by atoms with Crippen LogP contribution < -0.4 is 11.1 Å². The maximum Gasteiger partial charge on any atom is 0.237 e. The number of hydrogen-bond acceptors (Lipinski definition) is 4. The van der Waals surface area contributed by atoms with Gasteiger partial charge in [-0.25, -0.2) is 0 Å². The summed E-state index contributed by atoms with van der Waals surface area (Å²) in [4.78, 5) is 11.8. The summed E-state index contributed by atoms with van der Waals surface area (Å²) in [6, 6.07) is 7.94. The van der Waals surface area contributed by atoms with Crippen molar-refractivity contribution in [1.82, 2.24) is 5.32 Å². The fraction of sp³-hybridized carbons (Fsp3) is 0.357. The second-order valence-corrected chi connectivity index (χ2v) is 6.33. The predicted octanol–water partition coefficient (Wildman–Crippen LogP) is 2.60. The molecule has 0 fully saturated rings. The first kappa shape index (κ1) is 14.4. The van der Waals surface area contributed by atoms with Crippen molar-refractivity contribution in [2.75, 3.05) is 12.0 Å². The Labute approximate surface area is 121 Å². The van der Waals surface area contributed by atoms with E-state index in [1.165, 1.54) is 10.1 Å². The number of amides is 1. The van der Waals surface area contributed by atoms with Gasteiger partial charge < -0.3 is 11.1 Å². The van der Waals surface area contributed by atoms with Crippen LogP contribution in [0.15, 0.2) is 29.6 Å². The number of rotatable bonds is 6. The third-order valence-corrected chi connectivity index (χ3v) is 4.50. The van der Waals surface area contributed by atoms with E-state index in [0.29, 0.717) is 6.54 Å². The van der Waals surface area contributed by atoms with Crippen LogP contribution in [-0.4, -0.2) is 24.0 Å². The van der Waals surface area contributed by atoms with E-state index in [0.717, 1.165) is 17.7 Å². The van der Waals surface area contributed by atoms with Gasteiger partial charge in [0.2, 0.25) is 5.91 Å². The second kappa shape index (κ2) is 6.93. The van der Waals surface area contributed by atoms with Crippen molar-refractivity contribution in [2.45, 2.75) is 19.0 Å². The number of carbonyl (C=O) groups excluding carboxylic acids is 1. The highest BCUT2D eigenvalue weighted by Gasteiger charge is 2.12. The highest BCUT2D eigenvalue weighted by molar-refractivity contribution is 7.98. The summed E-state index contributed by atoms with van der Waals surface area (Å²) in [6.45, 7) is 0.539. The molecule has 0 unspecified atom stereocenters. The number of thioether (sulfide) groups is 1. The molecule has 102 valence electrons. The smallest absolute Gasteiger partial charge is 0.237 e. The normalized spacial score (nSPS) is 12.5. The van der Waals surface area contributed by atoms with Crippen LogP contribution in [0.3, 0.4) is 0 Å². The molecule has 0 aliphatic heterocycles. The topological polar surface area (TPSA) is 55.1 Å². The number of thiophene rings is 1. The lowest BCUT2D eigenvalue weighted by molar-refractivity contribution is -0.122. The van der Waals surface area contributed by atoms with Crippen molar-refractivity contribution in [3.8, 4) is 0 Å². The molecule has 0 saturated heterocycles. The third kappa shape index (κ3) is 3.96. The molecule has 2 aromatic rings. The maximum atomic E-state index is 11.8. The molecule has 19 heavy (non-hydrogen) atoms. The zero-order chi connectivity index (χ0) is 13.7. The van der Waals surface area contributed by atoms with Crippen molar-refractivity contribution in [3.05, 3.63) is 35.2 Å². The second-order valence-electron chi connectivity index (χ2n) is 4.40. The Morgan fingerprint density at radius 1 is 1.47 bits per heavy atom. The van der Waals surface area contributed by atoms with E-state index in [1.54, 1.807) is 23.1 Å². The zero-order valence-electron chi connectivity index (χ0n) is 10.9. The van der Waals surface area contributed by atoms with Gasteiger partial charge in [0.25, 0.3) is 0 Å². The molecular formula is C14H18N2OS2. The molecule has 0 aliphatic carbocycles. The van der Waals surface area contributed by atoms with Gasteiger partial charge in [-0.3, -0.25) is 4.79 Å². The number of fused-ring (bicyclic) bond motifs is 1. The fourth-order valence-electron chi connectivity index (χ4n) is 1.82. The predicted molar refractivity (Wildman–Crippen MR) is 84.6 cm³/mol. The van der Waals surface area contributed by atoms with E-state index in [1.807, 2.05) is 12.3 Å². The molecule has 1 aromatic heterocycles. The van der Waals surface area contributed by atoms with Gasteiger partial charge in [0.1, 0.15) is 0 Å². The molecule has 0 spiro atoms. The lowest BCUT2D eigenvalue weighted by Crippen LogP contribution is -2.40. The number of carbonyl (C=O) groups is 1. The Kier molecular flexibility index (Phi) is 5.24. The van der Waals surface area contributed by atoms with E-state index in [4.69, 9.17) is 5.73 Å². The molecular weight excluding hydrogens is 276 g/mol. The molecule has 1 amide bonds. The van der Waals surface area contributed by atoms with Crippen molar-refractivity contribution in [1.29, 1.82) is 0 Å². The van der Waals surface area contributed by atoms with E-state index < -0.39 is 6.04 Å². The minimum atomic E-state index is -0.405. The summed E-state index contributed by atoms with van der Waals surface area (Å²) in [5, 5.41) is 6.19. The average molecular weight is 294 g/mol. The molecule has 1 heterocycles. The van der Waals surface area contributed by atoms with Crippen LogP contribution in [0.4, 0.5) is 0 Å². The lowest BCUT2D eigenvalue weighted by Gasteiger charge is -2.11. The van der Waals surface area contributed by atoms with Gasteiger partial charge >= 0.3 is 0 Å². The largest absolute Gasteiger partial charge is 0.351 e. The van der Waals surface area contributed by atoms with E-state index in [-0.39, 0.29) is 5.91 Å². The van der Waals surface area contributed by atoms with Gasteiger partial charge in [0.15, 0.2) is 0 Å². The first-order valence-corrected chi connectivity index (χ1v) is 8.46. The van der Waals surface area contributed by atoms with Crippen LogP contribution in [-0.2, 0) is 11.3 Å². The molecule has 0 radical (unpaired) electrons. The number of hydrogen-bond donors (Lipinski definition) is 2. The monoisotopic (exact) mass is 294 g/mol. The van der Waals surface area contributed by atoms with Gasteiger partial charge in [-0.2, -0.15) is 11.8 Å². The SMILES string of the molecule is CSCC[C@H](N)C(=O)NCc1ccc2sccc2c1. The molecule has 3 nitrogen and oxygen atoms in total. The van der Waals surface area contributed by atoms with Crippen molar-refractivity contribution in [3.63, 3.8) is 0 Å². The summed E-state index contributed by atoms with van der Waals surface area (Å²) in [5.74, 6) is 0.842. The van der Waals surface area contributed by atoms with Crippen molar-refractivity contribution in [2.24, 2.45) is 5.73 Å². The van der Waals surface area contributed by atoms with Gasteiger partial charge in [0.05, 0.1) is 6.04 Å². The first-order chi connectivity index (χ1) is 9.20. The van der Waals surface area contributed by atoms with Gasteiger partial charge in [0, 0.05) is 11.2 Å². The molecule has 2 rings (SSSR count). The minimum absolute atomic E-state index is 0.0699. The molecule has 0 saturated carbocycles. The summed E-state index contributed by atoms with van der Waals surface area (Å²) >= 11 is 3.43. The van der Waals surface area contributed by atoms with E-state index in [9.17, 15) is 4.79 Å². The summed E-state index contributed by atoms with van der Waals surface area (Å²) in [6.07, 6.45) is 2.73. The average Bonchev–Trinajstić information content (AvgIpc) is 2.89. The third-order valence-electron chi connectivity index (χ3n) is 2.95. The Bertz CT molecular complexity index is 553. The van der Waals surface area contributed by atoms with Gasteiger partial charge in [-0.15, -0.1) is 11.3 Å². The molecule has 0 aliphatic rings. The number of benzene rings is 1. The van der Waals surface area contributed by atoms with Gasteiger partial charge in [-0.05, 0) is 53.0 Å². The van der Waals surface area contributed by atoms with Crippen molar-refractivity contribution < 1.29 is 4.79 Å². The van der Waals surface area contributed by atoms with Crippen LogP contribution >= 0.6 is 23.1 Å². The van der Waals surface area contributed by atoms with Crippen molar-refractivity contribution >= 4 is 39.1 Å². The molecule has 1 atom stereocenters. The standard InChI is InChI=1S/C14H18N2OS2/c1-18-6-5-12(15)14(17)16-9-10-2-3-13-11(8-10)4-7-19-13/h2-4,7-8,12H,5-6,9,15H2,1H3,(H,16,17)/t12-/m0/s1. The Morgan fingerprint density at radius 2 is 2.32 bits per heavy atom. The summed E-state index contributed by atoms with van der Waals surface area (Å²) in [7, 11) is 0. The molecule has 5 heteroatoms. The molecule has 1 aromatic carbocycles. The zero-order valence-corrected chi connectivity index (χ0v) is 12.5. The first-order valence-electron chi connectivity index (χ1n) is 6.19. The Hall–Kier alpha value is -1.04. The highest BCUT2D eigenvalue weighted by atomic mass is 32.2. The minimum Gasteiger partial charge on any atom is -0.351 e. The number of nitrogens with two attached hydrogens (primary N) is 1. The van der Waals surface area contributed by atoms with Gasteiger partial charge in [-0.1, -0.05) is 6.07 Å². The van der Waals surface area contributed by atoms with E-state index in [2.05, 4.69) is 28.9 Å². The van der Waals surface area contributed by atoms with Crippen LogP contribution in [0.5, 0.6) is 0 Å². The summed E-state index contributed by atoms with van der Waals surface area (Å²) < 4.78 is 1.27. The highest BCUT2D eigenvalue weighted by Crippen LogP contribution is 2.21. The quantitative estimate of drug-likeness (QED) is 0.861. The molecule has 3 N–H and O–H groups in total. The van der Waals surface area contributed by atoms with Crippen LogP contribution in [0.1, 0.15) is 12.0 Å². The fourth-order valence-corrected chi connectivity index (χ4v) is 3.08. The number of nitrogens with one attached hydrogen (secondary N) is 1. The Morgan fingerprint density at radius 3 is 3.11 bits per heavy atom. The van der Waals surface area contributed by atoms with Crippen LogP contribution in [0.25, 0.3) is 10.1 Å². The lowest BCUT2D eigenvalue weighted by atomic mass is 10.1. The Balaban J connectivity index is 1.89.